The van der Waals surface area contributed by atoms with Gasteiger partial charge in [-0.05, 0) is 31.9 Å². The summed E-state index contributed by atoms with van der Waals surface area (Å²) in [7, 11) is 0. The summed E-state index contributed by atoms with van der Waals surface area (Å²) in [6.07, 6.45) is 8.22. The summed E-state index contributed by atoms with van der Waals surface area (Å²) in [5.74, 6) is 0.669. The maximum atomic E-state index is 12.8. The SMILES string of the molecule is CCN(C(=O)c1cnc(N2CCCCCC2)nc1)c1ccccc1. The molecule has 0 radical (unpaired) electrons. The molecule has 5 heteroatoms. The highest BCUT2D eigenvalue weighted by molar-refractivity contribution is 6.05. The molecule has 1 aliphatic rings. The first kappa shape index (κ1) is 16.4. The molecule has 1 amide bonds. The maximum absolute atomic E-state index is 12.8. The summed E-state index contributed by atoms with van der Waals surface area (Å²) in [6, 6.07) is 9.69. The molecular weight excluding hydrogens is 300 g/mol. The van der Waals surface area contributed by atoms with Gasteiger partial charge in [0, 0.05) is 37.7 Å². The van der Waals surface area contributed by atoms with E-state index >= 15 is 0 Å². The van der Waals surface area contributed by atoms with Crippen molar-refractivity contribution in [2.45, 2.75) is 32.6 Å². The molecule has 0 saturated carbocycles. The lowest BCUT2D eigenvalue weighted by Crippen LogP contribution is -2.31. The van der Waals surface area contributed by atoms with E-state index in [0.717, 1.165) is 24.7 Å². The highest BCUT2D eigenvalue weighted by atomic mass is 16.2. The fraction of sp³-hybridized carbons (Fsp3) is 0.421. The Hall–Kier alpha value is -2.43. The molecular formula is C19H24N4O. The molecule has 0 bridgehead atoms. The van der Waals surface area contributed by atoms with Crippen LogP contribution in [0.4, 0.5) is 11.6 Å². The topological polar surface area (TPSA) is 49.3 Å². The lowest BCUT2D eigenvalue weighted by molar-refractivity contribution is 0.0987. The van der Waals surface area contributed by atoms with Crippen LogP contribution in [0.15, 0.2) is 42.7 Å². The fourth-order valence-electron chi connectivity index (χ4n) is 3.07. The van der Waals surface area contributed by atoms with E-state index in [4.69, 9.17) is 0 Å². The minimum Gasteiger partial charge on any atom is -0.341 e. The molecule has 0 N–H and O–H groups in total. The van der Waals surface area contributed by atoms with Gasteiger partial charge in [-0.3, -0.25) is 4.79 Å². The largest absolute Gasteiger partial charge is 0.341 e. The van der Waals surface area contributed by atoms with Gasteiger partial charge < -0.3 is 9.80 Å². The fourth-order valence-corrected chi connectivity index (χ4v) is 3.07. The highest BCUT2D eigenvalue weighted by Crippen LogP contribution is 2.18. The Balaban J connectivity index is 1.75. The number of aromatic nitrogens is 2. The zero-order valence-electron chi connectivity index (χ0n) is 14.2. The number of carbonyl (C=O) groups is 1. The van der Waals surface area contributed by atoms with E-state index in [1.54, 1.807) is 17.3 Å². The highest BCUT2D eigenvalue weighted by Gasteiger charge is 2.18. The van der Waals surface area contributed by atoms with Crippen LogP contribution in [-0.4, -0.2) is 35.5 Å². The minimum absolute atomic E-state index is 0.0638. The van der Waals surface area contributed by atoms with Gasteiger partial charge in [-0.2, -0.15) is 0 Å². The van der Waals surface area contributed by atoms with Crippen molar-refractivity contribution in [3.63, 3.8) is 0 Å². The average Bonchev–Trinajstić information content (AvgIpc) is 2.93. The van der Waals surface area contributed by atoms with Crippen LogP contribution in [0.25, 0.3) is 0 Å². The molecule has 1 aromatic heterocycles. The molecule has 0 unspecified atom stereocenters. The van der Waals surface area contributed by atoms with E-state index in [2.05, 4.69) is 14.9 Å². The van der Waals surface area contributed by atoms with E-state index in [1.807, 2.05) is 37.3 Å². The van der Waals surface area contributed by atoms with E-state index in [1.165, 1.54) is 25.7 Å². The molecule has 0 spiro atoms. The summed E-state index contributed by atoms with van der Waals surface area (Å²) in [6.45, 7) is 4.57. The second-order valence-electron chi connectivity index (χ2n) is 6.06. The molecule has 2 heterocycles. The monoisotopic (exact) mass is 324 g/mol. The standard InChI is InChI=1S/C19H24N4O/c1-2-23(17-10-6-5-7-11-17)18(24)16-14-20-19(21-15-16)22-12-8-3-4-9-13-22/h5-7,10-11,14-15H,2-4,8-9,12-13H2,1H3. The number of rotatable bonds is 4. The molecule has 3 rings (SSSR count). The molecule has 1 saturated heterocycles. The molecule has 2 aromatic rings. The van der Waals surface area contributed by atoms with Crippen molar-refractivity contribution in [2.75, 3.05) is 29.4 Å². The Bertz CT molecular complexity index is 649. The van der Waals surface area contributed by atoms with Gasteiger partial charge in [0.15, 0.2) is 0 Å². The third kappa shape index (κ3) is 3.72. The predicted octanol–water partition coefficient (Wildman–Crippen LogP) is 3.52. The van der Waals surface area contributed by atoms with Gasteiger partial charge in [0.25, 0.3) is 5.91 Å². The van der Waals surface area contributed by atoms with E-state index in [-0.39, 0.29) is 5.91 Å². The van der Waals surface area contributed by atoms with Crippen LogP contribution in [0.1, 0.15) is 43.0 Å². The number of amides is 1. The summed E-state index contributed by atoms with van der Waals surface area (Å²) in [5, 5.41) is 0. The van der Waals surface area contributed by atoms with Crippen LogP contribution in [0.5, 0.6) is 0 Å². The van der Waals surface area contributed by atoms with Gasteiger partial charge in [0.1, 0.15) is 0 Å². The van der Waals surface area contributed by atoms with Crippen molar-refractivity contribution in [3.05, 3.63) is 48.3 Å². The third-order valence-electron chi connectivity index (χ3n) is 4.40. The molecule has 1 aliphatic heterocycles. The summed E-state index contributed by atoms with van der Waals surface area (Å²) >= 11 is 0. The van der Waals surface area contributed by atoms with Crippen LogP contribution < -0.4 is 9.80 Å². The molecule has 24 heavy (non-hydrogen) atoms. The van der Waals surface area contributed by atoms with E-state index < -0.39 is 0 Å². The van der Waals surface area contributed by atoms with Crippen molar-refractivity contribution in [1.29, 1.82) is 0 Å². The van der Waals surface area contributed by atoms with Gasteiger partial charge in [-0.1, -0.05) is 31.0 Å². The first-order valence-electron chi connectivity index (χ1n) is 8.73. The minimum atomic E-state index is -0.0638. The van der Waals surface area contributed by atoms with Crippen LogP contribution in [0, 0.1) is 0 Å². The van der Waals surface area contributed by atoms with Crippen molar-refractivity contribution < 1.29 is 4.79 Å². The second-order valence-corrected chi connectivity index (χ2v) is 6.06. The third-order valence-corrected chi connectivity index (χ3v) is 4.40. The van der Waals surface area contributed by atoms with Gasteiger partial charge in [-0.25, -0.2) is 9.97 Å². The first-order valence-corrected chi connectivity index (χ1v) is 8.73. The van der Waals surface area contributed by atoms with Gasteiger partial charge >= 0.3 is 0 Å². The van der Waals surface area contributed by atoms with Crippen molar-refractivity contribution in [1.82, 2.24) is 9.97 Å². The number of benzene rings is 1. The normalized spacial score (nSPS) is 15.0. The van der Waals surface area contributed by atoms with Crippen LogP contribution in [0.3, 0.4) is 0 Å². The van der Waals surface area contributed by atoms with Crippen LogP contribution in [0.2, 0.25) is 0 Å². The Labute approximate surface area is 143 Å². The Morgan fingerprint density at radius 1 is 1.04 bits per heavy atom. The second kappa shape index (κ2) is 7.90. The maximum Gasteiger partial charge on any atom is 0.261 e. The van der Waals surface area contributed by atoms with Crippen molar-refractivity contribution in [3.8, 4) is 0 Å². The number of anilines is 2. The van der Waals surface area contributed by atoms with Gasteiger partial charge in [0.2, 0.25) is 5.95 Å². The lowest BCUT2D eigenvalue weighted by Gasteiger charge is -2.22. The number of carbonyl (C=O) groups excluding carboxylic acids is 1. The Morgan fingerprint density at radius 3 is 2.25 bits per heavy atom. The Morgan fingerprint density at radius 2 is 1.67 bits per heavy atom. The first-order chi connectivity index (χ1) is 11.8. The number of nitrogens with zero attached hydrogens (tertiary/aromatic N) is 4. The number of para-hydroxylation sites is 1. The smallest absolute Gasteiger partial charge is 0.261 e. The molecule has 1 aromatic carbocycles. The van der Waals surface area contributed by atoms with Crippen molar-refractivity contribution >= 4 is 17.5 Å². The predicted molar refractivity (Wildman–Crippen MR) is 96.5 cm³/mol. The van der Waals surface area contributed by atoms with E-state index in [9.17, 15) is 4.79 Å². The molecule has 0 atom stereocenters. The summed E-state index contributed by atoms with van der Waals surface area (Å²) in [4.78, 5) is 25.6. The summed E-state index contributed by atoms with van der Waals surface area (Å²) in [5.41, 5.74) is 1.42. The van der Waals surface area contributed by atoms with Gasteiger partial charge in [-0.15, -0.1) is 0 Å². The van der Waals surface area contributed by atoms with Gasteiger partial charge in [0.05, 0.1) is 5.56 Å². The zero-order valence-corrected chi connectivity index (χ0v) is 14.2. The number of hydrogen-bond donors (Lipinski definition) is 0. The van der Waals surface area contributed by atoms with Crippen molar-refractivity contribution in [2.24, 2.45) is 0 Å². The van der Waals surface area contributed by atoms with Crippen LogP contribution >= 0.6 is 0 Å². The molecule has 0 aliphatic carbocycles. The van der Waals surface area contributed by atoms with E-state index in [0.29, 0.717) is 12.1 Å². The zero-order chi connectivity index (χ0) is 16.8. The average molecular weight is 324 g/mol. The molecule has 126 valence electrons. The molecule has 5 nitrogen and oxygen atoms in total. The lowest BCUT2D eigenvalue weighted by atomic mass is 10.2. The summed E-state index contributed by atoms with van der Waals surface area (Å²) < 4.78 is 0. The van der Waals surface area contributed by atoms with Crippen LogP contribution in [-0.2, 0) is 0 Å². The molecule has 1 fully saturated rings. The number of hydrogen-bond acceptors (Lipinski definition) is 4. The quantitative estimate of drug-likeness (QED) is 0.863. The Kier molecular flexibility index (Phi) is 5.41.